The van der Waals surface area contributed by atoms with Gasteiger partial charge in [0.25, 0.3) is 5.69 Å². The second-order valence-corrected chi connectivity index (χ2v) is 2.77. The molecule has 63 valence electrons. The highest BCUT2D eigenvalue weighted by Crippen LogP contribution is 2.24. The second-order valence-electron chi connectivity index (χ2n) is 2.77. The number of nitrogens with zero attached hydrogens (tertiary/aromatic N) is 1. The molecule has 0 spiro atoms. The minimum atomic E-state index is -0.384. The minimum Gasteiger partial charge on any atom is -0.258 e. The normalized spacial score (nSPS) is 9.92. The van der Waals surface area contributed by atoms with Crippen molar-refractivity contribution in [1.29, 1.82) is 0 Å². The summed E-state index contributed by atoms with van der Waals surface area (Å²) in [5, 5.41) is 10.6. The number of hydrogen-bond donors (Lipinski definition) is 0. The van der Waals surface area contributed by atoms with E-state index in [2.05, 4.69) is 6.92 Å². The number of hydrogen-bond acceptors (Lipinski definition) is 2. The van der Waals surface area contributed by atoms with Crippen molar-refractivity contribution in [2.45, 2.75) is 13.8 Å². The molecule has 0 bridgehead atoms. The summed E-state index contributed by atoms with van der Waals surface area (Å²) in [6.07, 6.45) is 0. The summed E-state index contributed by atoms with van der Waals surface area (Å²) < 4.78 is 0. The fraction of sp³-hybridized carbons (Fsp3) is 0.222. The summed E-state index contributed by atoms with van der Waals surface area (Å²) in [6.45, 7) is 7.19. The van der Waals surface area contributed by atoms with E-state index in [1.807, 2.05) is 13.0 Å². The van der Waals surface area contributed by atoms with Gasteiger partial charge in [0.2, 0.25) is 0 Å². The maximum absolute atomic E-state index is 10.6. The Bertz CT molecular complexity index is 332. The smallest absolute Gasteiger partial charge is 0.258 e. The summed E-state index contributed by atoms with van der Waals surface area (Å²) in [4.78, 5) is 10.2. The molecule has 0 atom stereocenters. The lowest BCUT2D eigenvalue weighted by Gasteiger charge is -2.02. The van der Waals surface area contributed by atoms with Crippen LogP contribution in [0.5, 0.6) is 0 Å². The number of nitro benzene ring substituents is 1. The SMILES string of the molecule is [CH2]c1ccc(C)c(C)c1[N+](=O)[O-]. The molecule has 12 heavy (non-hydrogen) atoms. The molecule has 0 unspecified atom stereocenters. The molecule has 1 aromatic rings. The molecule has 0 aromatic heterocycles. The van der Waals surface area contributed by atoms with Crippen LogP contribution in [0, 0.1) is 30.9 Å². The van der Waals surface area contributed by atoms with Gasteiger partial charge in [-0.1, -0.05) is 12.1 Å². The molecular formula is C9H10NO2. The predicted molar refractivity (Wildman–Crippen MR) is 47.0 cm³/mol. The Hall–Kier alpha value is -1.38. The molecule has 3 nitrogen and oxygen atoms in total. The molecule has 0 N–H and O–H groups in total. The van der Waals surface area contributed by atoms with E-state index >= 15 is 0 Å². The van der Waals surface area contributed by atoms with Crippen LogP contribution in [0.4, 0.5) is 5.69 Å². The van der Waals surface area contributed by atoms with Crippen molar-refractivity contribution in [3.8, 4) is 0 Å². The largest absolute Gasteiger partial charge is 0.275 e. The van der Waals surface area contributed by atoms with E-state index in [4.69, 9.17) is 0 Å². The van der Waals surface area contributed by atoms with Crippen molar-refractivity contribution in [1.82, 2.24) is 0 Å². The highest BCUT2D eigenvalue weighted by atomic mass is 16.6. The van der Waals surface area contributed by atoms with Crippen LogP contribution in [0.3, 0.4) is 0 Å². The van der Waals surface area contributed by atoms with Crippen LogP contribution in [-0.4, -0.2) is 4.92 Å². The van der Waals surface area contributed by atoms with Crippen LogP contribution in [0.2, 0.25) is 0 Å². The van der Waals surface area contributed by atoms with Crippen LogP contribution >= 0.6 is 0 Å². The van der Waals surface area contributed by atoms with Gasteiger partial charge in [-0.2, -0.15) is 0 Å². The Kier molecular flexibility index (Phi) is 2.13. The Morgan fingerprint density at radius 3 is 2.42 bits per heavy atom. The Balaban J connectivity index is 3.43. The monoisotopic (exact) mass is 164 g/mol. The van der Waals surface area contributed by atoms with Crippen molar-refractivity contribution in [3.05, 3.63) is 45.9 Å². The van der Waals surface area contributed by atoms with Gasteiger partial charge in [0.05, 0.1) is 4.92 Å². The van der Waals surface area contributed by atoms with Crippen molar-refractivity contribution in [3.63, 3.8) is 0 Å². The van der Waals surface area contributed by atoms with Crippen LogP contribution in [0.1, 0.15) is 16.7 Å². The van der Waals surface area contributed by atoms with E-state index in [1.54, 1.807) is 13.0 Å². The number of nitro groups is 1. The lowest BCUT2D eigenvalue weighted by atomic mass is 10.0. The van der Waals surface area contributed by atoms with E-state index in [0.717, 1.165) is 5.56 Å². The summed E-state index contributed by atoms with van der Waals surface area (Å²) in [6, 6.07) is 3.51. The van der Waals surface area contributed by atoms with Crippen molar-refractivity contribution in [2.24, 2.45) is 0 Å². The molecule has 0 aliphatic carbocycles. The lowest BCUT2D eigenvalue weighted by molar-refractivity contribution is -0.385. The topological polar surface area (TPSA) is 43.1 Å². The number of aryl methyl sites for hydroxylation is 1. The Labute approximate surface area is 71.2 Å². The van der Waals surface area contributed by atoms with Gasteiger partial charge in [0.1, 0.15) is 0 Å². The molecule has 0 saturated carbocycles. The second kappa shape index (κ2) is 2.93. The van der Waals surface area contributed by atoms with Crippen molar-refractivity contribution >= 4 is 5.69 Å². The highest BCUT2D eigenvalue weighted by Gasteiger charge is 2.14. The standard InChI is InChI=1S/C9H10NO2/c1-6-4-5-7(2)9(8(6)3)10(11)12/h4-5H,2H2,1,3H3. The summed E-state index contributed by atoms with van der Waals surface area (Å²) in [7, 11) is 0. The predicted octanol–water partition coefficient (Wildman–Crippen LogP) is 2.39. The molecule has 0 heterocycles. The third kappa shape index (κ3) is 1.30. The van der Waals surface area contributed by atoms with Crippen molar-refractivity contribution in [2.75, 3.05) is 0 Å². The van der Waals surface area contributed by atoms with Gasteiger partial charge in [-0.15, -0.1) is 0 Å². The minimum absolute atomic E-state index is 0.134. The summed E-state index contributed by atoms with van der Waals surface area (Å²) in [5.74, 6) is 0. The van der Waals surface area contributed by atoms with E-state index in [0.29, 0.717) is 11.1 Å². The molecular weight excluding hydrogens is 154 g/mol. The maximum Gasteiger partial charge on any atom is 0.275 e. The first-order valence-corrected chi connectivity index (χ1v) is 3.60. The van der Waals surface area contributed by atoms with Gasteiger partial charge in [-0.05, 0) is 26.3 Å². The molecule has 1 rings (SSSR count). The van der Waals surface area contributed by atoms with Gasteiger partial charge in [-0.3, -0.25) is 10.1 Å². The van der Waals surface area contributed by atoms with Gasteiger partial charge < -0.3 is 0 Å². The quantitative estimate of drug-likeness (QED) is 0.472. The molecule has 0 aliphatic heterocycles. The van der Waals surface area contributed by atoms with E-state index < -0.39 is 0 Å². The average molecular weight is 164 g/mol. The highest BCUT2D eigenvalue weighted by molar-refractivity contribution is 5.51. The van der Waals surface area contributed by atoms with E-state index in [1.165, 1.54) is 0 Å². The fourth-order valence-electron chi connectivity index (χ4n) is 1.11. The molecule has 1 radical (unpaired) electrons. The first-order valence-electron chi connectivity index (χ1n) is 3.60. The summed E-state index contributed by atoms with van der Waals surface area (Å²) >= 11 is 0. The molecule has 0 fully saturated rings. The average Bonchev–Trinajstić information content (AvgIpc) is 1.97. The van der Waals surface area contributed by atoms with Gasteiger partial charge in [0, 0.05) is 11.1 Å². The Morgan fingerprint density at radius 2 is 2.00 bits per heavy atom. The molecule has 0 aliphatic rings. The lowest BCUT2D eigenvalue weighted by Crippen LogP contribution is -1.96. The molecule has 3 heteroatoms. The van der Waals surface area contributed by atoms with Crippen LogP contribution in [0.25, 0.3) is 0 Å². The van der Waals surface area contributed by atoms with Crippen molar-refractivity contribution < 1.29 is 4.92 Å². The zero-order valence-electron chi connectivity index (χ0n) is 7.13. The van der Waals surface area contributed by atoms with E-state index in [9.17, 15) is 10.1 Å². The van der Waals surface area contributed by atoms with Gasteiger partial charge in [-0.25, -0.2) is 0 Å². The van der Waals surface area contributed by atoms with Crippen LogP contribution in [0.15, 0.2) is 12.1 Å². The van der Waals surface area contributed by atoms with E-state index in [-0.39, 0.29) is 10.6 Å². The summed E-state index contributed by atoms with van der Waals surface area (Å²) in [5.41, 5.74) is 2.24. The molecule has 0 saturated heterocycles. The third-order valence-corrected chi connectivity index (χ3v) is 1.97. The maximum atomic E-state index is 10.6. The van der Waals surface area contributed by atoms with Crippen LogP contribution < -0.4 is 0 Å². The number of rotatable bonds is 1. The zero-order valence-corrected chi connectivity index (χ0v) is 7.13. The fourth-order valence-corrected chi connectivity index (χ4v) is 1.11. The number of benzene rings is 1. The molecule has 0 amide bonds. The van der Waals surface area contributed by atoms with Crippen LogP contribution in [-0.2, 0) is 0 Å². The molecule has 1 aromatic carbocycles. The first kappa shape index (κ1) is 8.71. The van der Waals surface area contributed by atoms with Gasteiger partial charge in [0.15, 0.2) is 0 Å². The zero-order chi connectivity index (χ0) is 9.30. The van der Waals surface area contributed by atoms with Gasteiger partial charge >= 0.3 is 0 Å². The Morgan fingerprint density at radius 1 is 1.42 bits per heavy atom. The third-order valence-electron chi connectivity index (χ3n) is 1.97. The first-order chi connectivity index (χ1) is 5.54.